The van der Waals surface area contributed by atoms with Crippen LogP contribution in [0, 0.1) is 0 Å². The van der Waals surface area contributed by atoms with Gasteiger partial charge in [0.2, 0.25) is 5.91 Å². The topological polar surface area (TPSA) is 29.1 Å². The van der Waals surface area contributed by atoms with E-state index in [1.165, 1.54) is 12.8 Å². The van der Waals surface area contributed by atoms with Crippen molar-refractivity contribution < 1.29 is 4.79 Å². The average molecular weight is 153 g/mol. The Bertz CT molecular complexity index is 163. The molecule has 1 amide bonds. The third kappa shape index (κ3) is 2.74. The number of hydrogen-bond donors (Lipinski definition) is 1. The van der Waals surface area contributed by atoms with E-state index in [0.717, 1.165) is 6.42 Å². The smallest absolute Gasteiger partial charge is 0.224 e. The van der Waals surface area contributed by atoms with Gasteiger partial charge in [0, 0.05) is 12.5 Å². The van der Waals surface area contributed by atoms with Crippen LogP contribution in [0.25, 0.3) is 0 Å². The van der Waals surface area contributed by atoms with Gasteiger partial charge in [-0.2, -0.15) is 0 Å². The van der Waals surface area contributed by atoms with Crippen LogP contribution in [0.1, 0.15) is 32.6 Å². The zero-order chi connectivity index (χ0) is 8.10. The summed E-state index contributed by atoms with van der Waals surface area (Å²) in [6.07, 6.45) is 8.08. The molecule has 1 atom stereocenters. The van der Waals surface area contributed by atoms with Gasteiger partial charge in [0.15, 0.2) is 0 Å². The lowest BCUT2D eigenvalue weighted by Gasteiger charge is -2.17. The lowest BCUT2D eigenvalue weighted by atomic mass is 10.1. The largest absolute Gasteiger partial charge is 0.350 e. The molecule has 2 nitrogen and oxygen atoms in total. The van der Waals surface area contributed by atoms with Gasteiger partial charge >= 0.3 is 0 Å². The molecule has 0 spiro atoms. The van der Waals surface area contributed by atoms with E-state index < -0.39 is 0 Å². The second-order valence-electron chi connectivity index (χ2n) is 2.95. The second kappa shape index (κ2) is 4.16. The van der Waals surface area contributed by atoms with Crippen molar-refractivity contribution in [3.8, 4) is 0 Å². The predicted molar refractivity (Wildman–Crippen MR) is 45.2 cm³/mol. The van der Waals surface area contributed by atoms with E-state index in [1.54, 1.807) is 0 Å². The van der Waals surface area contributed by atoms with Gasteiger partial charge in [-0.05, 0) is 6.42 Å². The Morgan fingerprint density at radius 3 is 3.18 bits per heavy atom. The Morgan fingerprint density at radius 2 is 2.55 bits per heavy atom. The number of rotatable bonds is 3. The normalized spacial score (nSPS) is 23.4. The van der Waals surface area contributed by atoms with Gasteiger partial charge in [-0.1, -0.05) is 31.9 Å². The zero-order valence-electron chi connectivity index (χ0n) is 6.97. The van der Waals surface area contributed by atoms with Crippen LogP contribution in [-0.4, -0.2) is 11.9 Å². The fourth-order valence-corrected chi connectivity index (χ4v) is 1.25. The number of unbranched alkanes of at least 4 members (excludes halogenated alkanes) is 1. The monoisotopic (exact) mass is 153 g/mol. The molecule has 0 aromatic carbocycles. The van der Waals surface area contributed by atoms with Gasteiger partial charge in [0.05, 0.1) is 0 Å². The molecule has 1 aliphatic heterocycles. The molecule has 2 heteroatoms. The summed E-state index contributed by atoms with van der Waals surface area (Å²) in [5.74, 6) is 0.161. The highest BCUT2D eigenvalue weighted by atomic mass is 16.1. The Morgan fingerprint density at radius 1 is 1.73 bits per heavy atom. The van der Waals surface area contributed by atoms with Crippen molar-refractivity contribution in [3.05, 3.63) is 12.2 Å². The first kappa shape index (κ1) is 8.31. The summed E-state index contributed by atoms with van der Waals surface area (Å²) in [5.41, 5.74) is 0. The van der Waals surface area contributed by atoms with Crippen molar-refractivity contribution in [1.82, 2.24) is 5.32 Å². The van der Waals surface area contributed by atoms with Gasteiger partial charge in [0.1, 0.15) is 0 Å². The highest BCUT2D eigenvalue weighted by Crippen LogP contribution is 2.06. The number of nitrogens with one attached hydrogen (secondary N) is 1. The average Bonchev–Trinajstić information content (AvgIpc) is 2.01. The van der Waals surface area contributed by atoms with Crippen molar-refractivity contribution in [3.63, 3.8) is 0 Å². The molecule has 1 heterocycles. The maximum Gasteiger partial charge on any atom is 0.224 e. The van der Waals surface area contributed by atoms with Crippen LogP contribution in [0.4, 0.5) is 0 Å². The molecule has 1 aliphatic rings. The molecule has 1 N–H and O–H groups in total. The lowest BCUT2D eigenvalue weighted by Crippen LogP contribution is -2.35. The van der Waals surface area contributed by atoms with E-state index in [2.05, 4.69) is 18.3 Å². The molecular weight excluding hydrogens is 138 g/mol. The minimum atomic E-state index is 0.161. The number of amides is 1. The number of carbonyl (C=O) groups is 1. The summed E-state index contributed by atoms with van der Waals surface area (Å²) < 4.78 is 0. The van der Waals surface area contributed by atoms with Crippen LogP contribution < -0.4 is 5.32 Å². The third-order valence-electron chi connectivity index (χ3n) is 1.89. The van der Waals surface area contributed by atoms with Crippen LogP contribution in [0.5, 0.6) is 0 Å². The van der Waals surface area contributed by atoms with Crippen LogP contribution in [-0.2, 0) is 4.79 Å². The zero-order valence-corrected chi connectivity index (χ0v) is 6.97. The molecule has 0 saturated heterocycles. The summed E-state index contributed by atoms with van der Waals surface area (Å²) in [7, 11) is 0. The summed E-state index contributed by atoms with van der Waals surface area (Å²) in [6, 6.07) is 0.302. The Kier molecular flexibility index (Phi) is 3.14. The first-order valence-electron chi connectivity index (χ1n) is 4.29. The SMILES string of the molecule is CCCC[C@H]1C=CCC(=O)N1. The fraction of sp³-hybridized carbons (Fsp3) is 0.667. The van der Waals surface area contributed by atoms with Gasteiger partial charge in [-0.25, -0.2) is 0 Å². The van der Waals surface area contributed by atoms with Crippen molar-refractivity contribution in [2.24, 2.45) is 0 Å². The van der Waals surface area contributed by atoms with Gasteiger partial charge < -0.3 is 5.32 Å². The minimum absolute atomic E-state index is 0.161. The molecular formula is C9H15NO. The molecule has 0 aromatic rings. The van der Waals surface area contributed by atoms with E-state index in [0.29, 0.717) is 12.5 Å². The van der Waals surface area contributed by atoms with Gasteiger partial charge in [-0.15, -0.1) is 0 Å². The van der Waals surface area contributed by atoms with Crippen LogP contribution in [0.3, 0.4) is 0 Å². The molecule has 0 unspecified atom stereocenters. The molecule has 62 valence electrons. The summed E-state index contributed by atoms with van der Waals surface area (Å²) in [4.78, 5) is 10.9. The maximum absolute atomic E-state index is 10.9. The Hall–Kier alpha value is -0.790. The van der Waals surface area contributed by atoms with Crippen molar-refractivity contribution in [1.29, 1.82) is 0 Å². The van der Waals surface area contributed by atoms with E-state index in [-0.39, 0.29) is 5.91 Å². The maximum atomic E-state index is 10.9. The Labute approximate surface area is 67.7 Å². The molecule has 0 aromatic heterocycles. The van der Waals surface area contributed by atoms with Crippen molar-refractivity contribution in [2.75, 3.05) is 0 Å². The van der Waals surface area contributed by atoms with Crippen LogP contribution in [0.2, 0.25) is 0 Å². The van der Waals surface area contributed by atoms with E-state index in [9.17, 15) is 4.79 Å². The molecule has 0 fully saturated rings. The highest BCUT2D eigenvalue weighted by Gasteiger charge is 2.11. The summed E-state index contributed by atoms with van der Waals surface area (Å²) in [5, 5.41) is 2.93. The first-order valence-corrected chi connectivity index (χ1v) is 4.29. The first-order chi connectivity index (χ1) is 5.33. The molecule has 0 aliphatic carbocycles. The lowest BCUT2D eigenvalue weighted by molar-refractivity contribution is -0.121. The molecule has 1 rings (SSSR count). The van der Waals surface area contributed by atoms with Gasteiger partial charge in [-0.3, -0.25) is 4.79 Å². The third-order valence-corrected chi connectivity index (χ3v) is 1.89. The number of hydrogen-bond acceptors (Lipinski definition) is 1. The van der Waals surface area contributed by atoms with Crippen molar-refractivity contribution >= 4 is 5.91 Å². The van der Waals surface area contributed by atoms with E-state index >= 15 is 0 Å². The molecule has 0 bridgehead atoms. The second-order valence-corrected chi connectivity index (χ2v) is 2.95. The Balaban J connectivity index is 2.28. The highest BCUT2D eigenvalue weighted by molar-refractivity contribution is 5.79. The minimum Gasteiger partial charge on any atom is -0.350 e. The standard InChI is InChI=1S/C9H15NO/c1-2-3-5-8-6-4-7-9(11)10-8/h4,6,8H,2-3,5,7H2,1H3,(H,10,11)/t8-/m0/s1. The molecule has 0 saturated carbocycles. The summed E-state index contributed by atoms with van der Waals surface area (Å²) >= 11 is 0. The number of carbonyl (C=O) groups excluding carboxylic acids is 1. The predicted octanol–water partition coefficient (Wildman–Crippen LogP) is 1.62. The van der Waals surface area contributed by atoms with E-state index in [1.807, 2.05) is 6.08 Å². The fourth-order valence-electron chi connectivity index (χ4n) is 1.25. The quantitative estimate of drug-likeness (QED) is 0.613. The summed E-state index contributed by atoms with van der Waals surface area (Å²) in [6.45, 7) is 2.16. The van der Waals surface area contributed by atoms with Crippen molar-refractivity contribution in [2.45, 2.75) is 38.6 Å². The van der Waals surface area contributed by atoms with Gasteiger partial charge in [0.25, 0.3) is 0 Å². The van der Waals surface area contributed by atoms with E-state index in [4.69, 9.17) is 0 Å². The van der Waals surface area contributed by atoms with Crippen LogP contribution in [0.15, 0.2) is 12.2 Å². The molecule has 0 radical (unpaired) electrons. The van der Waals surface area contributed by atoms with Crippen LogP contribution >= 0.6 is 0 Å². The molecule has 11 heavy (non-hydrogen) atoms.